The van der Waals surface area contributed by atoms with Crippen molar-refractivity contribution in [3.63, 3.8) is 0 Å². The van der Waals surface area contributed by atoms with Crippen molar-refractivity contribution in [1.29, 1.82) is 0 Å². The van der Waals surface area contributed by atoms with Crippen LogP contribution in [0, 0.1) is 5.92 Å². The zero-order chi connectivity index (χ0) is 11.1. The summed E-state index contributed by atoms with van der Waals surface area (Å²) >= 11 is 0. The first-order chi connectivity index (χ1) is 7.27. The molecule has 1 fully saturated rings. The average molecular weight is 215 g/mol. The minimum atomic E-state index is -0.0217. The SMILES string of the molecule is COCCCN1CCC(C(=O)NN)CC1. The molecule has 0 aromatic carbocycles. The molecule has 1 amide bonds. The number of nitrogens with zero attached hydrogens (tertiary/aromatic N) is 1. The van der Waals surface area contributed by atoms with Crippen molar-refractivity contribution >= 4 is 5.91 Å². The van der Waals surface area contributed by atoms with Crippen LogP contribution in [0.15, 0.2) is 0 Å². The number of hydrogen-bond acceptors (Lipinski definition) is 4. The van der Waals surface area contributed by atoms with Gasteiger partial charge in [0, 0.05) is 26.2 Å². The van der Waals surface area contributed by atoms with Gasteiger partial charge in [0.25, 0.3) is 0 Å². The van der Waals surface area contributed by atoms with Gasteiger partial charge in [-0.15, -0.1) is 0 Å². The van der Waals surface area contributed by atoms with E-state index >= 15 is 0 Å². The summed E-state index contributed by atoms with van der Waals surface area (Å²) < 4.78 is 5.00. The Bertz CT molecular complexity index is 191. The Morgan fingerprint density at radius 1 is 1.53 bits per heavy atom. The van der Waals surface area contributed by atoms with Crippen LogP contribution >= 0.6 is 0 Å². The van der Waals surface area contributed by atoms with Gasteiger partial charge in [0.2, 0.25) is 5.91 Å². The summed E-state index contributed by atoms with van der Waals surface area (Å²) in [6, 6.07) is 0. The fourth-order valence-electron chi connectivity index (χ4n) is 1.97. The lowest BCUT2D eigenvalue weighted by atomic mass is 9.96. The fourth-order valence-corrected chi connectivity index (χ4v) is 1.97. The molecule has 0 saturated carbocycles. The minimum absolute atomic E-state index is 0.0217. The molecule has 0 aliphatic carbocycles. The highest BCUT2D eigenvalue weighted by Gasteiger charge is 2.23. The van der Waals surface area contributed by atoms with Crippen LogP contribution in [0.1, 0.15) is 19.3 Å². The fraction of sp³-hybridized carbons (Fsp3) is 0.900. The van der Waals surface area contributed by atoms with Gasteiger partial charge in [-0.2, -0.15) is 0 Å². The molecule has 0 aromatic heterocycles. The number of methoxy groups -OCH3 is 1. The van der Waals surface area contributed by atoms with E-state index in [0.29, 0.717) is 0 Å². The lowest BCUT2D eigenvalue weighted by Crippen LogP contribution is -2.43. The van der Waals surface area contributed by atoms with Crippen molar-refractivity contribution in [3.8, 4) is 0 Å². The average Bonchev–Trinajstić information content (AvgIpc) is 2.29. The van der Waals surface area contributed by atoms with Crippen molar-refractivity contribution < 1.29 is 9.53 Å². The zero-order valence-electron chi connectivity index (χ0n) is 9.37. The molecule has 0 unspecified atom stereocenters. The van der Waals surface area contributed by atoms with E-state index in [-0.39, 0.29) is 11.8 Å². The molecule has 0 aromatic rings. The van der Waals surface area contributed by atoms with Crippen molar-refractivity contribution in [3.05, 3.63) is 0 Å². The third kappa shape index (κ3) is 4.15. The van der Waals surface area contributed by atoms with Crippen LogP contribution in [0.25, 0.3) is 0 Å². The molecular formula is C10H21N3O2. The quantitative estimate of drug-likeness (QED) is 0.286. The lowest BCUT2D eigenvalue weighted by molar-refractivity contribution is -0.126. The van der Waals surface area contributed by atoms with Crippen LogP contribution in [0.5, 0.6) is 0 Å². The van der Waals surface area contributed by atoms with Crippen molar-refractivity contribution in [1.82, 2.24) is 10.3 Å². The van der Waals surface area contributed by atoms with Crippen LogP contribution < -0.4 is 11.3 Å². The molecule has 1 aliphatic rings. The molecule has 88 valence electrons. The summed E-state index contributed by atoms with van der Waals surface area (Å²) in [7, 11) is 1.72. The number of piperidine rings is 1. The maximum absolute atomic E-state index is 11.3. The Balaban J connectivity index is 2.15. The molecule has 1 aliphatic heterocycles. The first-order valence-corrected chi connectivity index (χ1v) is 5.49. The van der Waals surface area contributed by atoms with Crippen molar-refractivity contribution in [2.45, 2.75) is 19.3 Å². The van der Waals surface area contributed by atoms with Gasteiger partial charge in [-0.05, 0) is 32.4 Å². The largest absolute Gasteiger partial charge is 0.385 e. The Morgan fingerprint density at radius 2 is 2.20 bits per heavy atom. The van der Waals surface area contributed by atoms with E-state index in [2.05, 4.69) is 10.3 Å². The third-order valence-electron chi connectivity index (χ3n) is 2.92. The molecule has 1 heterocycles. The van der Waals surface area contributed by atoms with E-state index in [1.807, 2.05) is 0 Å². The number of hydrazine groups is 1. The Hall–Kier alpha value is -0.650. The molecule has 5 heteroatoms. The van der Waals surface area contributed by atoms with Gasteiger partial charge in [0.05, 0.1) is 0 Å². The third-order valence-corrected chi connectivity index (χ3v) is 2.92. The van der Waals surface area contributed by atoms with Crippen LogP contribution in [-0.2, 0) is 9.53 Å². The minimum Gasteiger partial charge on any atom is -0.385 e. The molecule has 0 bridgehead atoms. The predicted octanol–water partition coefficient (Wildman–Crippen LogP) is -0.275. The second-order valence-corrected chi connectivity index (χ2v) is 3.97. The van der Waals surface area contributed by atoms with Crippen molar-refractivity contribution in [2.75, 3.05) is 33.4 Å². The standard InChI is InChI=1S/C10H21N3O2/c1-15-8-2-5-13-6-3-9(4-7-13)10(14)12-11/h9H,2-8,11H2,1H3,(H,12,14). The number of hydrogen-bond donors (Lipinski definition) is 2. The van der Waals surface area contributed by atoms with E-state index in [1.54, 1.807) is 7.11 Å². The second-order valence-electron chi connectivity index (χ2n) is 3.97. The first kappa shape index (κ1) is 12.4. The number of carbonyl (C=O) groups is 1. The zero-order valence-corrected chi connectivity index (χ0v) is 9.37. The normalized spacial score (nSPS) is 19.1. The maximum Gasteiger partial charge on any atom is 0.237 e. The Morgan fingerprint density at radius 3 is 2.73 bits per heavy atom. The van der Waals surface area contributed by atoms with Crippen LogP contribution in [0.3, 0.4) is 0 Å². The summed E-state index contributed by atoms with van der Waals surface area (Å²) in [6.45, 7) is 3.84. The maximum atomic E-state index is 11.3. The van der Waals surface area contributed by atoms with E-state index < -0.39 is 0 Å². The molecule has 1 saturated heterocycles. The molecule has 1 rings (SSSR count). The number of amides is 1. The van der Waals surface area contributed by atoms with Crippen molar-refractivity contribution in [2.24, 2.45) is 11.8 Å². The Labute approximate surface area is 90.9 Å². The summed E-state index contributed by atoms with van der Waals surface area (Å²) in [6.07, 6.45) is 2.89. The number of carbonyl (C=O) groups excluding carboxylic acids is 1. The van der Waals surface area contributed by atoms with E-state index in [1.165, 1.54) is 0 Å². The summed E-state index contributed by atoms with van der Waals surface area (Å²) in [5.41, 5.74) is 2.22. The van der Waals surface area contributed by atoms with Crippen LogP contribution in [0.2, 0.25) is 0 Å². The molecule has 3 N–H and O–H groups in total. The van der Waals surface area contributed by atoms with E-state index in [4.69, 9.17) is 10.6 Å². The topological polar surface area (TPSA) is 67.6 Å². The Kier molecular flexibility index (Phi) is 5.60. The molecule has 0 spiro atoms. The monoisotopic (exact) mass is 215 g/mol. The molecular weight excluding hydrogens is 194 g/mol. The summed E-state index contributed by atoms with van der Waals surface area (Å²) in [5.74, 6) is 5.19. The highest BCUT2D eigenvalue weighted by Crippen LogP contribution is 2.16. The molecule has 0 atom stereocenters. The van der Waals surface area contributed by atoms with Gasteiger partial charge in [0.15, 0.2) is 0 Å². The summed E-state index contributed by atoms with van der Waals surface area (Å²) in [4.78, 5) is 13.6. The number of likely N-dealkylation sites (tertiary alicyclic amines) is 1. The van der Waals surface area contributed by atoms with Gasteiger partial charge >= 0.3 is 0 Å². The van der Waals surface area contributed by atoms with Gasteiger partial charge < -0.3 is 9.64 Å². The number of ether oxygens (including phenoxy) is 1. The predicted molar refractivity (Wildman–Crippen MR) is 58.0 cm³/mol. The number of nitrogens with one attached hydrogen (secondary N) is 1. The summed E-state index contributed by atoms with van der Waals surface area (Å²) in [5, 5.41) is 0. The molecule has 15 heavy (non-hydrogen) atoms. The smallest absolute Gasteiger partial charge is 0.237 e. The highest BCUT2D eigenvalue weighted by atomic mass is 16.5. The van der Waals surface area contributed by atoms with Gasteiger partial charge in [-0.3, -0.25) is 10.2 Å². The van der Waals surface area contributed by atoms with Crippen LogP contribution in [0.4, 0.5) is 0 Å². The van der Waals surface area contributed by atoms with Gasteiger partial charge in [-0.1, -0.05) is 0 Å². The van der Waals surface area contributed by atoms with Gasteiger partial charge in [0.1, 0.15) is 0 Å². The van der Waals surface area contributed by atoms with Gasteiger partial charge in [-0.25, -0.2) is 5.84 Å². The molecule has 5 nitrogen and oxygen atoms in total. The molecule has 0 radical (unpaired) electrons. The van der Waals surface area contributed by atoms with E-state index in [0.717, 1.165) is 45.5 Å². The van der Waals surface area contributed by atoms with E-state index in [9.17, 15) is 4.79 Å². The van der Waals surface area contributed by atoms with Crippen LogP contribution in [-0.4, -0.2) is 44.2 Å². The highest BCUT2D eigenvalue weighted by molar-refractivity contribution is 5.78. The first-order valence-electron chi connectivity index (χ1n) is 5.49. The number of rotatable bonds is 5. The number of nitrogens with two attached hydrogens (primary N) is 1. The second kappa shape index (κ2) is 6.76. The lowest BCUT2D eigenvalue weighted by Gasteiger charge is -2.30.